The summed E-state index contributed by atoms with van der Waals surface area (Å²) in [6, 6.07) is 0. The molecule has 0 spiro atoms. The molecule has 1 rings (SSSR count). The van der Waals surface area contributed by atoms with E-state index < -0.39 is 28.4 Å². The van der Waals surface area contributed by atoms with Crippen molar-refractivity contribution in [2.45, 2.75) is 0 Å². The second kappa shape index (κ2) is 6.11. The molecule has 0 radical (unpaired) electrons. The molecule has 0 saturated carbocycles. The summed E-state index contributed by atoms with van der Waals surface area (Å²) in [5, 5.41) is 16.1. The minimum atomic E-state index is -3.92. The lowest BCUT2D eigenvalue weighted by Crippen LogP contribution is -2.06. The number of aromatic nitrogens is 2. The van der Waals surface area contributed by atoms with E-state index in [1.165, 1.54) is 12.5 Å². The molecule has 0 amide bonds. The fourth-order valence-corrected chi connectivity index (χ4v) is 0.723. The Labute approximate surface area is 85.3 Å². The number of hydrogen-bond donors (Lipinski definition) is 4. The van der Waals surface area contributed by atoms with Crippen LogP contribution in [-0.4, -0.2) is 51.5 Å². The van der Waals surface area contributed by atoms with Crippen molar-refractivity contribution >= 4 is 16.1 Å². The first-order chi connectivity index (χ1) is 6.87. The number of rotatable bonds is 3. The molecule has 0 saturated heterocycles. The average molecular weight is 238 g/mol. The molecule has 0 aliphatic carbocycles. The molecule has 15 heavy (non-hydrogen) atoms. The van der Waals surface area contributed by atoms with Gasteiger partial charge in [0, 0.05) is 6.20 Å². The van der Waals surface area contributed by atoms with Crippen LogP contribution in [0.3, 0.4) is 0 Å². The average Bonchev–Trinajstić information content (AvgIpc) is 2.53. The maximum absolute atomic E-state index is 9.98. The predicted octanol–water partition coefficient (Wildman–Crippen LogP) is -1.03. The summed E-state index contributed by atoms with van der Waals surface area (Å²) in [4.78, 5) is 16.0. The normalized spacial score (nSPS) is 10.3. The van der Waals surface area contributed by atoms with Crippen LogP contribution in [0, 0.1) is 0 Å². The quantitative estimate of drug-likeness (QED) is 0.493. The van der Waals surface area contributed by atoms with Gasteiger partial charge < -0.3 is 15.2 Å². The monoisotopic (exact) mass is 238 g/mol. The summed E-state index contributed by atoms with van der Waals surface area (Å²) in [6.45, 7) is -0.529. The van der Waals surface area contributed by atoms with Gasteiger partial charge in [0.05, 0.1) is 18.7 Å². The number of carboxylic acid groups (broad SMARTS) is 1. The maximum Gasteiger partial charge on any atom is 0.356 e. The molecule has 9 heteroatoms. The number of aliphatic hydroxyl groups excluding tert-OH is 1. The maximum atomic E-state index is 9.98. The lowest BCUT2D eigenvalue weighted by atomic mass is 10.5. The van der Waals surface area contributed by atoms with E-state index in [1.807, 2.05) is 0 Å². The Morgan fingerprint density at radius 1 is 1.53 bits per heavy atom. The number of H-pyrrole nitrogens is 1. The summed E-state index contributed by atoms with van der Waals surface area (Å²) in [5.74, 6) is -1.58. The number of imidazole rings is 1. The molecule has 0 aliphatic rings. The summed E-state index contributed by atoms with van der Waals surface area (Å²) < 4.78 is 27.1. The van der Waals surface area contributed by atoms with Gasteiger partial charge in [-0.2, -0.15) is 8.42 Å². The third-order valence-corrected chi connectivity index (χ3v) is 1.77. The van der Waals surface area contributed by atoms with Crippen molar-refractivity contribution in [3.8, 4) is 0 Å². The van der Waals surface area contributed by atoms with Crippen molar-refractivity contribution in [2.75, 3.05) is 12.4 Å². The van der Waals surface area contributed by atoms with E-state index >= 15 is 0 Å². The number of aromatic carboxylic acids is 1. The predicted molar refractivity (Wildman–Crippen MR) is 49.0 cm³/mol. The molecular weight excluding hydrogens is 228 g/mol. The second-order valence-electron chi connectivity index (χ2n) is 2.27. The summed E-state index contributed by atoms with van der Waals surface area (Å²) in [5.41, 5.74) is 0.0463. The van der Waals surface area contributed by atoms with E-state index in [1.54, 1.807) is 0 Å². The van der Waals surface area contributed by atoms with Gasteiger partial charge in [-0.15, -0.1) is 0 Å². The molecule has 1 aromatic heterocycles. The van der Waals surface area contributed by atoms with Gasteiger partial charge in [-0.05, 0) is 0 Å². The van der Waals surface area contributed by atoms with Crippen LogP contribution >= 0.6 is 0 Å². The zero-order valence-corrected chi connectivity index (χ0v) is 8.31. The molecule has 8 nitrogen and oxygen atoms in total. The van der Waals surface area contributed by atoms with Crippen LogP contribution in [-0.2, 0) is 10.1 Å². The Kier molecular flexibility index (Phi) is 5.52. The minimum Gasteiger partial charge on any atom is -0.476 e. The largest absolute Gasteiger partial charge is 0.476 e. The Hall–Kier alpha value is -1.45. The van der Waals surface area contributed by atoms with Crippen LogP contribution in [0.1, 0.15) is 10.5 Å². The van der Waals surface area contributed by atoms with Gasteiger partial charge in [0.2, 0.25) is 0 Å². The molecule has 0 aliphatic heterocycles. The SMILES string of the molecule is O=C(O)c1c[nH]cn1.O=S(=O)(O)CCO. The first kappa shape index (κ1) is 13.5. The van der Waals surface area contributed by atoms with Crippen LogP contribution in [0.15, 0.2) is 12.5 Å². The van der Waals surface area contributed by atoms with E-state index in [4.69, 9.17) is 14.8 Å². The van der Waals surface area contributed by atoms with Crippen molar-refractivity contribution in [3.63, 3.8) is 0 Å². The van der Waals surface area contributed by atoms with E-state index in [9.17, 15) is 13.2 Å². The van der Waals surface area contributed by atoms with Gasteiger partial charge >= 0.3 is 5.97 Å². The molecule has 0 atom stereocenters. The van der Waals surface area contributed by atoms with Crippen molar-refractivity contribution in [1.29, 1.82) is 0 Å². The molecule has 0 unspecified atom stereocenters. The third kappa shape index (κ3) is 7.61. The van der Waals surface area contributed by atoms with Gasteiger partial charge in [0.15, 0.2) is 5.69 Å². The van der Waals surface area contributed by atoms with Crippen LogP contribution in [0.25, 0.3) is 0 Å². The number of hydrogen-bond acceptors (Lipinski definition) is 5. The number of carboxylic acids is 1. The van der Waals surface area contributed by atoms with E-state index in [-0.39, 0.29) is 5.69 Å². The van der Waals surface area contributed by atoms with Crippen molar-refractivity contribution in [1.82, 2.24) is 9.97 Å². The van der Waals surface area contributed by atoms with Gasteiger partial charge in [-0.25, -0.2) is 9.78 Å². The highest BCUT2D eigenvalue weighted by Gasteiger charge is 2.00. The van der Waals surface area contributed by atoms with Gasteiger partial charge in [0.25, 0.3) is 10.1 Å². The van der Waals surface area contributed by atoms with Gasteiger partial charge in [0.1, 0.15) is 0 Å². The Morgan fingerprint density at radius 2 is 2.13 bits per heavy atom. The zero-order chi connectivity index (χ0) is 11.9. The third-order valence-electron chi connectivity index (χ3n) is 1.07. The lowest BCUT2D eigenvalue weighted by Gasteiger charge is -1.85. The number of nitrogens with one attached hydrogen (secondary N) is 1. The molecule has 0 fully saturated rings. The Morgan fingerprint density at radius 3 is 2.27 bits per heavy atom. The van der Waals surface area contributed by atoms with Crippen LogP contribution in [0.5, 0.6) is 0 Å². The Bertz CT molecular complexity index is 384. The molecule has 4 N–H and O–H groups in total. The highest BCUT2D eigenvalue weighted by molar-refractivity contribution is 7.85. The number of aromatic amines is 1. The van der Waals surface area contributed by atoms with Crippen molar-refractivity contribution in [2.24, 2.45) is 0 Å². The first-order valence-electron chi connectivity index (χ1n) is 3.65. The van der Waals surface area contributed by atoms with E-state index in [0.29, 0.717) is 0 Å². The van der Waals surface area contributed by atoms with Gasteiger partial charge in [-0.3, -0.25) is 4.55 Å². The topological polar surface area (TPSA) is 141 Å². The fourth-order valence-electron chi connectivity index (χ4n) is 0.493. The Balaban J connectivity index is 0.000000265. The highest BCUT2D eigenvalue weighted by atomic mass is 32.2. The van der Waals surface area contributed by atoms with Crippen LogP contribution in [0.4, 0.5) is 0 Å². The summed E-state index contributed by atoms with van der Waals surface area (Å²) >= 11 is 0. The number of aliphatic hydroxyl groups is 1. The van der Waals surface area contributed by atoms with E-state index in [0.717, 1.165) is 0 Å². The minimum absolute atomic E-state index is 0.0463. The summed E-state index contributed by atoms with van der Waals surface area (Å²) in [6.07, 6.45) is 2.64. The van der Waals surface area contributed by atoms with Gasteiger partial charge in [-0.1, -0.05) is 0 Å². The molecule has 0 bridgehead atoms. The molecule has 1 aromatic rings. The van der Waals surface area contributed by atoms with Crippen molar-refractivity contribution < 1.29 is 28.0 Å². The molecule has 0 aromatic carbocycles. The molecule has 86 valence electrons. The lowest BCUT2D eigenvalue weighted by molar-refractivity contribution is 0.0691. The second-order valence-corrected chi connectivity index (χ2v) is 3.84. The van der Waals surface area contributed by atoms with Crippen molar-refractivity contribution in [3.05, 3.63) is 18.2 Å². The smallest absolute Gasteiger partial charge is 0.356 e. The number of nitrogens with zero attached hydrogens (tertiary/aromatic N) is 1. The van der Waals surface area contributed by atoms with Crippen LogP contribution < -0.4 is 0 Å². The summed E-state index contributed by atoms with van der Waals surface area (Å²) in [7, 11) is -3.92. The molecular formula is C6H10N2O6S. The number of carbonyl (C=O) groups is 1. The molecule has 1 heterocycles. The zero-order valence-electron chi connectivity index (χ0n) is 7.49. The standard InChI is InChI=1S/C4H4N2O2.C2H6O4S/c7-4(8)3-1-5-2-6-3;3-1-2-7(4,5)6/h1-2H,(H,5,6)(H,7,8);3H,1-2H2,(H,4,5,6). The van der Waals surface area contributed by atoms with E-state index in [2.05, 4.69) is 9.97 Å². The first-order valence-corrected chi connectivity index (χ1v) is 5.26. The van der Waals surface area contributed by atoms with Crippen LogP contribution in [0.2, 0.25) is 0 Å². The fraction of sp³-hybridized carbons (Fsp3) is 0.333. The highest BCUT2D eigenvalue weighted by Crippen LogP contribution is 1.87.